The van der Waals surface area contributed by atoms with Crippen LogP contribution in [0, 0.1) is 0 Å². The van der Waals surface area contributed by atoms with E-state index in [1.807, 2.05) is 7.05 Å². The van der Waals surface area contributed by atoms with Gasteiger partial charge in [0.2, 0.25) is 5.91 Å². The molecule has 3 aliphatic rings. The van der Waals surface area contributed by atoms with Crippen LogP contribution in [0.5, 0.6) is 0 Å². The molecule has 172 valence electrons. The number of furan rings is 1. The summed E-state index contributed by atoms with van der Waals surface area (Å²) < 4.78 is 10.5. The number of hydroxylamine groups is 1. The number of thioether (sulfide) groups is 1. The smallest absolute Gasteiger partial charge is 0.410 e. The molecule has 0 radical (unpaired) electrons. The van der Waals surface area contributed by atoms with Gasteiger partial charge in [-0.1, -0.05) is 0 Å². The number of amides is 3. The molecule has 1 aromatic rings. The number of carbonyl (C=O) groups is 4. The van der Waals surface area contributed by atoms with E-state index in [0.717, 1.165) is 13.1 Å². The third-order valence-electron chi connectivity index (χ3n) is 5.43. The molecule has 0 unspecified atom stereocenters. The molecule has 12 heteroatoms. The molecular formula is C20H24N4O7S. The van der Waals surface area contributed by atoms with Gasteiger partial charge in [0.25, 0.3) is 5.91 Å². The van der Waals surface area contributed by atoms with E-state index in [9.17, 15) is 19.2 Å². The molecule has 1 aromatic heterocycles. The number of fused-ring (bicyclic) bond motifs is 1. The molecule has 3 amide bonds. The Morgan fingerprint density at radius 2 is 2.03 bits per heavy atom. The van der Waals surface area contributed by atoms with Gasteiger partial charge in [-0.05, 0) is 19.2 Å². The summed E-state index contributed by atoms with van der Waals surface area (Å²) in [5, 5.41) is -0.166. The fraction of sp³-hybridized carbons (Fsp3) is 0.500. The van der Waals surface area contributed by atoms with Gasteiger partial charge in [-0.3, -0.25) is 14.5 Å². The van der Waals surface area contributed by atoms with Crippen molar-refractivity contribution in [2.24, 2.45) is 0 Å². The summed E-state index contributed by atoms with van der Waals surface area (Å²) in [6.45, 7) is 2.50. The van der Waals surface area contributed by atoms with Crippen LogP contribution in [-0.4, -0.2) is 89.5 Å². The molecule has 0 saturated carbocycles. The van der Waals surface area contributed by atoms with E-state index in [2.05, 4.69) is 10.4 Å². The van der Waals surface area contributed by atoms with Crippen molar-refractivity contribution in [2.75, 3.05) is 45.6 Å². The van der Waals surface area contributed by atoms with Crippen LogP contribution in [0.3, 0.4) is 0 Å². The summed E-state index contributed by atoms with van der Waals surface area (Å²) in [5.74, 6) is -0.842. The van der Waals surface area contributed by atoms with Crippen molar-refractivity contribution in [1.82, 2.24) is 20.2 Å². The molecule has 0 aliphatic carbocycles. The number of likely N-dealkylation sites (N-methyl/N-ethyl adjacent to an activating group) is 1. The predicted octanol–water partition coefficient (Wildman–Crippen LogP) is 0.340. The maximum absolute atomic E-state index is 12.8. The summed E-state index contributed by atoms with van der Waals surface area (Å²) in [5.41, 5.74) is 2.57. The summed E-state index contributed by atoms with van der Waals surface area (Å²) in [4.78, 5) is 59.3. The first-order valence-corrected chi connectivity index (χ1v) is 11.3. The molecule has 4 heterocycles. The lowest BCUT2D eigenvalue weighted by molar-refractivity contribution is -0.159. The minimum atomic E-state index is -0.873. The van der Waals surface area contributed by atoms with Crippen molar-refractivity contribution < 1.29 is 33.2 Å². The molecule has 32 heavy (non-hydrogen) atoms. The number of β-lactam (4-membered cyclic amide) rings is 1. The Balaban J connectivity index is 1.39. The maximum atomic E-state index is 12.8. The number of nitrogens with zero attached hydrogens (tertiary/aromatic N) is 3. The highest BCUT2D eigenvalue weighted by atomic mass is 32.2. The molecule has 1 N–H and O–H groups in total. The lowest BCUT2D eigenvalue weighted by atomic mass is 10.1. The van der Waals surface area contributed by atoms with Crippen LogP contribution in [-0.2, 0) is 30.4 Å². The summed E-state index contributed by atoms with van der Waals surface area (Å²) in [6.07, 6.45) is 1.19. The lowest BCUT2D eigenvalue weighted by Gasteiger charge is -2.44. The van der Waals surface area contributed by atoms with Crippen LogP contribution < -0.4 is 5.48 Å². The zero-order valence-electron chi connectivity index (χ0n) is 17.6. The zero-order chi connectivity index (χ0) is 22.7. The van der Waals surface area contributed by atoms with Gasteiger partial charge in [0, 0.05) is 37.5 Å². The summed E-state index contributed by atoms with van der Waals surface area (Å²) in [6, 6.07) is 3.27. The molecule has 11 nitrogen and oxygen atoms in total. The second-order valence-electron chi connectivity index (χ2n) is 7.70. The van der Waals surface area contributed by atoms with Gasteiger partial charge in [0.05, 0.1) is 24.5 Å². The Bertz CT molecular complexity index is 924. The molecule has 2 saturated heterocycles. The van der Waals surface area contributed by atoms with Crippen LogP contribution in [0.2, 0.25) is 0 Å². The Kier molecular flexibility index (Phi) is 6.70. The highest BCUT2D eigenvalue weighted by Gasteiger charge is 2.46. The number of hydrogen-bond acceptors (Lipinski definition) is 9. The molecule has 2 fully saturated rings. The molecule has 0 spiro atoms. The van der Waals surface area contributed by atoms with Gasteiger partial charge >= 0.3 is 12.1 Å². The average molecular weight is 465 g/mol. The fourth-order valence-corrected chi connectivity index (χ4v) is 4.81. The lowest BCUT2D eigenvalue weighted by Crippen LogP contribution is -2.55. The van der Waals surface area contributed by atoms with E-state index < -0.39 is 18.0 Å². The van der Waals surface area contributed by atoms with Crippen LogP contribution in [0.15, 0.2) is 34.1 Å². The Morgan fingerprint density at radius 3 is 2.72 bits per heavy atom. The number of carbonyl (C=O) groups excluding carboxylic acids is 4. The summed E-state index contributed by atoms with van der Waals surface area (Å²) >= 11 is 1.49. The van der Waals surface area contributed by atoms with Crippen molar-refractivity contribution in [3.63, 3.8) is 0 Å². The zero-order valence-corrected chi connectivity index (χ0v) is 18.4. The second-order valence-corrected chi connectivity index (χ2v) is 8.87. The average Bonchev–Trinajstić information content (AvgIpc) is 3.28. The molecule has 3 aliphatic heterocycles. The number of rotatable bonds is 5. The van der Waals surface area contributed by atoms with Crippen LogP contribution in [0.25, 0.3) is 0 Å². The van der Waals surface area contributed by atoms with Gasteiger partial charge in [-0.2, -0.15) is 5.48 Å². The Morgan fingerprint density at radius 1 is 1.25 bits per heavy atom. The first kappa shape index (κ1) is 22.2. The molecule has 0 bridgehead atoms. The van der Waals surface area contributed by atoms with Crippen molar-refractivity contribution in [3.8, 4) is 0 Å². The SMILES string of the molecule is CN1CCN(C(=O)OCC2=C(C(=O)ONC(=O)Cc3ccco3)N3C(=O)C[C@@H]3SC2)CC1. The number of hydrogen-bond donors (Lipinski definition) is 1. The van der Waals surface area contributed by atoms with Gasteiger partial charge in [-0.15, -0.1) is 11.8 Å². The van der Waals surface area contributed by atoms with Crippen molar-refractivity contribution in [1.29, 1.82) is 0 Å². The van der Waals surface area contributed by atoms with E-state index in [-0.39, 0.29) is 30.0 Å². The Labute approximate surface area is 188 Å². The largest absolute Gasteiger partial charge is 0.469 e. The van der Waals surface area contributed by atoms with Crippen LogP contribution in [0.4, 0.5) is 4.79 Å². The monoisotopic (exact) mass is 464 g/mol. The molecule has 1 atom stereocenters. The highest BCUT2D eigenvalue weighted by molar-refractivity contribution is 8.00. The minimum absolute atomic E-state index is 0.0227. The van der Waals surface area contributed by atoms with Gasteiger partial charge < -0.3 is 23.8 Å². The van der Waals surface area contributed by atoms with E-state index >= 15 is 0 Å². The van der Waals surface area contributed by atoms with Crippen molar-refractivity contribution >= 4 is 35.6 Å². The van der Waals surface area contributed by atoms with Crippen LogP contribution in [0.1, 0.15) is 12.2 Å². The minimum Gasteiger partial charge on any atom is -0.469 e. The van der Waals surface area contributed by atoms with Crippen molar-refractivity contribution in [3.05, 3.63) is 35.4 Å². The normalized spacial score (nSPS) is 21.0. The fourth-order valence-electron chi connectivity index (χ4n) is 3.57. The quantitative estimate of drug-likeness (QED) is 0.486. The predicted molar refractivity (Wildman–Crippen MR) is 112 cm³/mol. The van der Waals surface area contributed by atoms with Gasteiger partial charge in [-0.25, -0.2) is 9.59 Å². The first-order chi connectivity index (χ1) is 15.4. The molecular weight excluding hydrogens is 440 g/mol. The first-order valence-electron chi connectivity index (χ1n) is 10.2. The number of nitrogens with one attached hydrogen (secondary N) is 1. The molecule has 0 aromatic carbocycles. The highest BCUT2D eigenvalue weighted by Crippen LogP contribution is 2.40. The van der Waals surface area contributed by atoms with E-state index in [1.54, 1.807) is 17.0 Å². The Hall–Kier alpha value is -2.99. The van der Waals surface area contributed by atoms with E-state index in [1.165, 1.54) is 22.9 Å². The maximum Gasteiger partial charge on any atom is 0.410 e. The number of ether oxygens (including phenoxy) is 1. The van der Waals surface area contributed by atoms with Crippen molar-refractivity contribution in [2.45, 2.75) is 18.2 Å². The topological polar surface area (TPSA) is 122 Å². The van der Waals surface area contributed by atoms with E-state index in [4.69, 9.17) is 14.0 Å². The third kappa shape index (κ3) is 4.91. The third-order valence-corrected chi connectivity index (χ3v) is 6.71. The van der Waals surface area contributed by atoms with Crippen LogP contribution >= 0.6 is 11.8 Å². The van der Waals surface area contributed by atoms with E-state index in [0.29, 0.717) is 36.6 Å². The summed E-state index contributed by atoms with van der Waals surface area (Å²) in [7, 11) is 1.98. The van der Waals surface area contributed by atoms with Gasteiger partial charge in [0.1, 0.15) is 18.1 Å². The standard InChI is InChI=1S/C20H24N4O7S/c1-22-4-6-23(7-5-22)20(28)30-11-13-12-32-17-10-16(26)24(17)18(13)19(27)31-21-15(25)9-14-3-2-8-29-14/h2-3,8,17H,4-7,9-12H2,1H3,(H,21,25)/t17-/m0/s1. The molecule has 4 rings (SSSR count). The van der Waals surface area contributed by atoms with Gasteiger partial charge in [0.15, 0.2) is 0 Å². The second kappa shape index (κ2) is 9.65. The number of piperazine rings is 1.